The van der Waals surface area contributed by atoms with Crippen LogP contribution in [0.5, 0.6) is 0 Å². The van der Waals surface area contributed by atoms with Crippen molar-refractivity contribution in [1.82, 2.24) is 10.3 Å². The Morgan fingerprint density at radius 1 is 1.45 bits per heavy atom. The number of H-pyrrole nitrogens is 1. The zero-order valence-electron chi connectivity index (χ0n) is 13.9. The summed E-state index contributed by atoms with van der Waals surface area (Å²) in [6, 6.07) is 6.07. The van der Waals surface area contributed by atoms with Crippen molar-refractivity contribution >= 4 is 16.8 Å². The van der Waals surface area contributed by atoms with Crippen LogP contribution >= 0.6 is 0 Å². The van der Waals surface area contributed by atoms with Gasteiger partial charge in [0.15, 0.2) is 0 Å². The minimum absolute atomic E-state index is 0.0639. The molecule has 1 aromatic heterocycles. The molecule has 4 heteroatoms. The van der Waals surface area contributed by atoms with Crippen LogP contribution in [0.1, 0.15) is 38.3 Å². The summed E-state index contributed by atoms with van der Waals surface area (Å²) in [6.07, 6.45) is 3.09. The first kappa shape index (κ1) is 16.6. The molecule has 1 aromatic carbocycles. The van der Waals surface area contributed by atoms with Crippen LogP contribution in [-0.2, 0) is 11.2 Å². The standard InChI is InChI=1S/C18H26N2O2/c1-5-13(3)18(4,22)11-20-16(21)9-14-10-19-17-12(2)7-6-8-15(14)17/h6-8,10,13,19,22H,5,9,11H2,1-4H3,(H,20,21). The minimum Gasteiger partial charge on any atom is -0.388 e. The van der Waals surface area contributed by atoms with Gasteiger partial charge >= 0.3 is 0 Å². The van der Waals surface area contributed by atoms with E-state index in [0.29, 0.717) is 6.42 Å². The Morgan fingerprint density at radius 3 is 2.86 bits per heavy atom. The average molecular weight is 302 g/mol. The van der Waals surface area contributed by atoms with Gasteiger partial charge in [-0.2, -0.15) is 0 Å². The molecule has 2 aromatic rings. The van der Waals surface area contributed by atoms with Crippen molar-refractivity contribution in [3.8, 4) is 0 Å². The lowest BCUT2D eigenvalue weighted by Gasteiger charge is -2.29. The van der Waals surface area contributed by atoms with Crippen LogP contribution in [0.3, 0.4) is 0 Å². The third-order valence-corrected chi connectivity index (χ3v) is 4.68. The van der Waals surface area contributed by atoms with Gasteiger partial charge in [0.2, 0.25) is 5.91 Å². The maximum atomic E-state index is 12.2. The molecule has 0 saturated heterocycles. The van der Waals surface area contributed by atoms with Gasteiger partial charge in [0, 0.05) is 23.6 Å². The maximum Gasteiger partial charge on any atom is 0.224 e. The van der Waals surface area contributed by atoms with Gasteiger partial charge in [0.25, 0.3) is 0 Å². The van der Waals surface area contributed by atoms with Gasteiger partial charge in [-0.25, -0.2) is 0 Å². The molecule has 3 N–H and O–H groups in total. The molecular weight excluding hydrogens is 276 g/mol. The summed E-state index contributed by atoms with van der Waals surface area (Å²) in [5, 5.41) is 14.3. The lowest BCUT2D eigenvalue weighted by molar-refractivity contribution is -0.122. The molecular formula is C18H26N2O2. The molecule has 1 amide bonds. The molecule has 22 heavy (non-hydrogen) atoms. The van der Waals surface area contributed by atoms with Crippen LogP contribution in [0.25, 0.3) is 10.9 Å². The van der Waals surface area contributed by atoms with Crippen LogP contribution in [0.15, 0.2) is 24.4 Å². The summed E-state index contributed by atoms with van der Waals surface area (Å²) in [5.41, 5.74) is 2.36. The number of hydrogen-bond donors (Lipinski definition) is 3. The number of carbonyl (C=O) groups excluding carboxylic acids is 1. The highest BCUT2D eigenvalue weighted by Crippen LogP contribution is 2.22. The van der Waals surface area contributed by atoms with Crippen LogP contribution < -0.4 is 5.32 Å². The molecule has 2 rings (SSSR count). The zero-order chi connectivity index (χ0) is 16.3. The number of aryl methyl sites for hydroxylation is 1. The van der Waals surface area contributed by atoms with Crippen molar-refractivity contribution in [2.45, 2.75) is 46.1 Å². The van der Waals surface area contributed by atoms with Crippen molar-refractivity contribution < 1.29 is 9.90 Å². The number of nitrogens with one attached hydrogen (secondary N) is 2. The van der Waals surface area contributed by atoms with Crippen molar-refractivity contribution in [3.63, 3.8) is 0 Å². The lowest BCUT2D eigenvalue weighted by atomic mass is 9.88. The summed E-state index contributed by atoms with van der Waals surface area (Å²) in [5.74, 6) is 0.0783. The Balaban J connectivity index is 2.01. The Labute approximate surface area is 131 Å². The van der Waals surface area contributed by atoms with E-state index in [2.05, 4.69) is 10.3 Å². The van der Waals surface area contributed by atoms with E-state index in [-0.39, 0.29) is 18.4 Å². The van der Waals surface area contributed by atoms with E-state index in [1.54, 1.807) is 6.92 Å². The average Bonchev–Trinajstić information content (AvgIpc) is 2.89. The molecule has 120 valence electrons. The van der Waals surface area contributed by atoms with Crippen molar-refractivity contribution in [3.05, 3.63) is 35.5 Å². The van der Waals surface area contributed by atoms with E-state index in [1.165, 1.54) is 5.56 Å². The third kappa shape index (κ3) is 3.50. The van der Waals surface area contributed by atoms with Crippen molar-refractivity contribution in [2.24, 2.45) is 5.92 Å². The van der Waals surface area contributed by atoms with E-state index in [0.717, 1.165) is 22.9 Å². The molecule has 0 aliphatic rings. The second-order valence-electron chi connectivity index (χ2n) is 6.43. The van der Waals surface area contributed by atoms with Crippen LogP contribution in [0.2, 0.25) is 0 Å². The first-order chi connectivity index (χ1) is 10.3. The Kier molecular flexibility index (Phi) is 4.91. The fraction of sp³-hybridized carbons (Fsp3) is 0.500. The number of benzene rings is 1. The van der Waals surface area contributed by atoms with Crippen LogP contribution in [0, 0.1) is 12.8 Å². The van der Waals surface area contributed by atoms with Gasteiger partial charge in [-0.1, -0.05) is 38.5 Å². The minimum atomic E-state index is -0.874. The summed E-state index contributed by atoms with van der Waals surface area (Å²) >= 11 is 0. The fourth-order valence-electron chi connectivity index (χ4n) is 2.64. The van der Waals surface area contributed by atoms with Crippen LogP contribution in [0.4, 0.5) is 0 Å². The molecule has 4 nitrogen and oxygen atoms in total. The normalized spacial score (nSPS) is 15.5. The van der Waals surface area contributed by atoms with E-state index < -0.39 is 5.60 Å². The maximum absolute atomic E-state index is 12.2. The first-order valence-corrected chi connectivity index (χ1v) is 7.89. The molecule has 2 unspecified atom stereocenters. The highest BCUT2D eigenvalue weighted by atomic mass is 16.3. The van der Waals surface area contributed by atoms with Gasteiger partial charge in [0.1, 0.15) is 0 Å². The number of para-hydroxylation sites is 1. The van der Waals surface area contributed by atoms with Crippen LogP contribution in [-0.4, -0.2) is 28.1 Å². The molecule has 0 aliphatic heterocycles. The molecule has 0 spiro atoms. The van der Waals surface area contributed by atoms with E-state index in [1.807, 2.05) is 45.2 Å². The summed E-state index contributed by atoms with van der Waals surface area (Å²) in [7, 11) is 0. The number of aliphatic hydroxyl groups is 1. The molecule has 2 atom stereocenters. The van der Waals surface area contributed by atoms with E-state index >= 15 is 0 Å². The fourth-order valence-corrected chi connectivity index (χ4v) is 2.64. The number of aromatic nitrogens is 1. The molecule has 0 fully saturated rings. The predicted molar refractivity (Wildman–Crippen MR) is 89.8 cm³/mol. The molecule has 1 heterocycles. The molecule has 0 aliphatic carbocycles. The van der Waals surface area contributed by atoms with Gasteiger partial charge in [-0.3, -0.25) is 4.79 Å². The number of fused-ring (bicyclic) bond motifs is 1. The smallest absolute Gasteiger partial charge is 0.224 e. The number of rotatable bonds is 6. The predicted octanol–water partition coefficient (Wildman–Crippen LogP) is 2.93. The summed E-state index contributed by atoms with van der Waals surface area (Å²) in [4.78, 5) is 15.4. The number of hydrogen-bond acceptors (Lipinski definition) is 2. The zero-order valence-corrected chi connectivity index (χ0v) is 13.9. The van der Waals surface area contributed by atoms with E-state index in [4.69, 9.17) is 0 Å². The largest absolute Gasteiger partial charge is 0.388 e. The first-order valence-electron chi connectivity index (χ1n) is 7.89. The Bertz CT molecular complexity index is 658. The summed E-state index contributed by atoms with van der Waals surface area (Å²) in [6.45, 7) is 8.13. The van der Waals surface area contributed by atoms with Crippen molar-refractivity contribution in [2.75, 3.05) is 6.54 Å². The summed E-state index contributed by atoms with van der Waals surface area (Å²) < 4.78 is 0. The highest BCUT2D eigenvalue weighted by Gasteiger charge is 2.27. The number of amides is 1. The van der Waals surface area contributed by atoms with Gasteiger partial charge < -0.3 is 15.4 Å². The molecule has 0 bridgehead atoms. The number of aromatic amines is 1. The quantitative estimate of drug-likeness (QED) is 0.768. The van der Waals surface area contributed by atoms with Crippen molar-refractivity contribution in [1.29, 1.82) is 0 Å². The second-order valence-corrected chi connectivity index (χ2v) is 6.43. The topological polar surface area (TPSA) is 65.1 Å². The van der Waals surface area contributed by atoms with E-state index in [9.17, 15) is 9.90 Å². The second kappa shape index (κ2) is 6.53. The Hall–Kier alpha value is -1.81. The monoisotopic (exact) mass is 302 g/mol. The Morgan fingerprint density at radius 2 is 2.18 bits per heavy atom. The van der Waals surface area contributed by atoms with Gasteiger partial charge in [-0.05, 0) is 30.9 Å². The molecule has 0 radical (unpaired) electrons. The SMILES string of the molecule is CCC(C)C(C)(O)CNC(=O)Cc1c[nH]c2c(C)cccc12. The van der Waals surface area contributed by atoms with Gasteiger partial charge in [-0.15, -0.1) is 0 Å². The molecule has 0 saturated carbocycles. The van der Waals surface area contributed by atoms with Gasteiger partial charge in [0.05, 0.1) is 12.0 Å². The lowest BCUT2D eigenvalue weighted by Crippen LogP contribution is -2.45. The number of carbonyl (C=O) groups is 1. The highest BCUT2D eigenvalue weighted by molar-refractivity contribution is 5.90. The third-order valence-electron chi connectivity index (χ3n) is 4.68.